The van der Waals surface area contributed by atoms with Crippen molar-refractivity contribution in [3.8, 4) is 0 Å². The van der Waals surface area contributed by atoms with Crippen molar-refractivity contribution in [3.05, 3.63) is 12.4 Å². The van der Waals surface area contributed by atoms with E-state index in [1.54, 1.807) is 0 Å². The largest absolute Gasteiger partial charge is 0.284 e. The van der Waals surface area contributed by atoms with Crippen LogP contribution in [-0.2, 0) is 10.0 Å². The molecule has 0 aliphatic carbocycles. The Bertz CT molecular complexity index is 402. The Morgan fingerprint density at radius 3 is 2.69 bits per heavy atom. The van der Waals surface area contributed by atoms with Gasteiger partial charge in [0.25, 0.3) is 0 Å². The number of H-pyrrole nitrogens is 1. The van der Waals surface area contributed by atoms with Crippen LogP contribution in [-0.4, -0.2) is 41.4 Å². The third-order valence-electron chi connectivity index (χ3n) is 2.17. The van der Waals surface area contributed by atoms with Crippen molar-refractivity contribution in [2.24, 2.45) is 0 Å². The van der Waals surface area contributed by atoms with E-state index in [0.29, 0.717) is 18.8 Å². The molecule has 0 bridgehead atoms. The fourth-order valence-corrected chi connectivity index (χ4v) is 3.09. The Morgan fingerprint density at radius 2 is 2.25 bits per heavy atom. The molecule has 5 nitrogen and oxygen atoms in total. The molecule has 7 heteroatoms. The van der Waals surface area contributed by atoms with Gasteiger partial charge in [0, 0.05) is 24.7 Å². The summed E-state index contributed by atoms with van der Waals surface area (Å²) in [4.78, 5) is 0.191. The first-order chi connectivity index (χ1) is 7.50. The Kier molecular flexibility index (Phi) is 4.76. The first-order valence-corrected chi connectivity index (χ1v) is 7.04. The number of sulfonamides is 1. The molecule has 1 heterocycles. The fourth-order valence-electron chi connectivity index (χ4n) is 1.39. The number of hydrogen-bond acceptors (Lipinski definition) is 3. The van der Waals surface area contributed by atoms with E-state index in [2.05, 4.69) is 10.2 Å². The first-order valence-electron chi connectivity index (χ1n) is 5.06. The lowest BCUT2D eigenvalue weighted by molar-refractivity contribution is 0.355. The van der Waals surface area contributed by atoms with Gasteiger partial charge >= 0.3 is 0 Å². The molecular formula is C9H16ClN3O2S. The number of aromatic nitrogens is 2. The molecule has 0 unspecified atom stereocenters. The molecule has 0 atom stereocenters. The highest BCUT2D eigenvalue weighted by molar-refractivity contribution is 7.89. The molecule has 1 rings (SSSR count). The second-order valence-electron chi connectivity index (χ2n) is 3.69. The zero-order valence-electron chi connectivity index (χ0n) is 9.35. The van der Waals surface area contributed by atoms with Gasteiger partial charge in [0.1, 0.15) is 4.90 Å². The van der Waals surface area contributed by atoms with E-state index in [9.17, 15) is 8.42 Å². The summed E-state index contributed by atoms with van der Waals surface area (Å²) < 4.78 is 25.8. The third kappa shape index (κ3) is 2.96. The molecule has 1 aromatic heterocycles. The van der Waals surface area contributed by atoms with Gasteiger partial charge in [0.15, 0.2) is 0 Å². The molecule has 16 heavy (non-hydrogen) atoms. The van der Waals surface area contributed by atoms with Gasteiger partial charge in [0.05, 0.1) is 6.20 Å². The molecule has 1 N–H and O–H groups in total. The average molecular weight is 266 g/mol. The zero-order valence-corrected chi connectivity index (χ0v) is 10.9. The van der Waals surface area contributed by atoms with E-state index in [1.165, 1.54) is 16.7 Å². The normalized spacial score (nSPS) is 12.6. The minimum Gasteiger partial charge on any atom is -0.284 e. The quantitative estimate of drug-likeness (QED) is 0.792. The lowest BCUT2D eigenvalue weighted by Gasteiger charge is -2.24. The molecule has 0 radical (unpaired) electrons. The van der Waals surface area contributed by atoms with E-state index in [4.69, 9.17) is 11.6 Å². The van der Waals surface area contributed by atoms with Crippen LogP contribution in [0.1, 0.15) is 20.3 Å². The van der Waals surface area contributed by atoms with E-state index in [1.807, 2.05) is 13.8 Å². The highest BCUT2D eigenvalue weighted by Gasteiger charge is 2.27. The van der Waals surface area contributed by atoms with Gasteiger partial charge in [0.2, 0.25) is 10.0 Å². The van der Waals surface area contributed by atoms with E-state index >= 15 is 0 Å². The summed E-state index contributed by atoms with van der Waals surface area (Å²) in [6, 6.07) is -0.0943. The fraction of sp³-hybridized carbons (Fsp3) is 0.667. The minimum atomic E-state index is -3.45. The van der Waals surface area contributed by atoms with Crippen LogP contribution in [0.25, 0.3) is 0 Å². The summed E-state index contributed by atoms with van der Waals surface area (Å²) in [5.41, 5.74) is 0. The van der Waals surface area contributed by atoms with E-state index in [-0.39, 0.29) is 10.9 Å². The highest BCUT2D eigenvalue weighted by atomic mass is 35.5. The van der Waals surface area contributed by atoms with Gasteiger partial charge in [-0.3, -0.25) is 5.10 Å². The molecule has 0 aliphatic rings. The Hall–Kier alpha value is -0.590. The minimum absolute atomic E-state index is 0.0943. The topological polar surface area (TPSA) is 66.1 Å². The molecule has 0 fully saturated rings. The summed E-state index contributed by atoms with van der Waals surface area (Å²) in [7, 11) is -3.45. The maximum absolute atomic E-state index is 12.2. The molecular weight excluding hydrogens is 250 g/mol. The molecule has 1 aromatic rings. The number of hydrogen-bond donors (Lipinski definition) is 1. The second kappa shape index (κ2) is 5.65. The van der Waals surface area contributed by atoms with Gasteiger partial charge in [-0.1, -0.05) is 0 Å². The van der Waals surface area contributed by atoms with Gasteiger partial charge in [-0.2, -0.15) is 9.40 Å². The predicted octanol–water partition coefficient (Wildman–Crippen LogP) is 1.44. The summed E-state index contributed by atoms with van der Waals surface area (Å²) >= 11 is 5.59. The smallest absolute Gasteiger partial charge is 0.246 e. The number of halogens is 1. The number of nitrogens with zero attached hydrogens (tertiary/aromatic N) is 2. The number of alkyl halides is 1. The molecule has 92 valence electrons. The Morgan fingerprint density at radius 1 is 1.56 bits per heavy atom. The van der Waals surface area contributed by atoms with Crippen LogP contribution in [0.4, 0.5) is 0 Å². The van der Waals surface area contributed by atoms with Crippen LogP contribution in [0.2, 0.25) is 0 Å². The van der Waals surface area contributed by atoms with E-state index < -0.39 is 10.0 Å². The Balaban J connectivity index is 2.94. The summed E-state index contributed by atoms with van der Waals surface area (Å²) in [6.45, 7) is 4.10. The van der Waals surface area contributed by atoms with Crippen LogP contribution in [0.3, 0.4) is 0 Å². The zero-order chi connectivity index (χ0) is 12.2. The van der Waals surface area contributed by atoms with Gasteiger partial charge in [-0.05, 0) is 20.3 Å². The van der Waals surface area contributed by atoms with Crippen molar-refractivity contribution in [3.63, 3.8) is 0 Å². The van der Waals surface area contributed by atoms with Crippen molar-refractivity contribution >= 4 is 21.6 Å². The van der Waals surface area contributed by atoms with Crippen LogP contribution >= 0.6 is 11.6 Å². The third-order valence-corrected chi connectivity index (χ3v) is 4.48. The standard InChI is InChI=1S/C9H16ClN3O2S/c1-8(2)13(5-3-4-10)16(14,15)9-6-11-12-7-9/h6-8H,3-5H2,1-2H3,(H,11,12). The van der Waals surface area contributed by atoms with Gasteiger partial charge < -0.3 is 0 Å². The molecule has 0 amide bonds. The number of nitrogens with one attached hydrogen (secondary N) is 1. The highest BCUT2D eigenvalue weighted by Crippen LogP contribution is 2.17. The van der Waals surface area contributed by atoms with Crippen molar-refractivity contribution in [2.75, 3.05) is 12.4 Å². The molecule has 0 saturated carbocycles. The molecule has 0 aliphatic heterocycles. The lowest BCUT2D eigenvalue weighted by Crippen LogP contribution is -2.37. The maximum Gasteiger partial charge on any atom is 0.246 e. The van der Waals surface area contributed by atoms with Crippen molar-refractivity contribution in [2.45, 2.75) is 31.2 Å². The maximum atomic E-state index is 12.2. The average Bonchev–Trinajstić information content (AvgIpc) is 2.70. The summed E-state index contributed by atoms with van der Waals surface area (Å²) in [5.74, 6) is 0.449. The number of rotatable bonds is 6. The van der Waals surface area contributed by atoms with Gasteiger partial charge in [-0.25, -0.2) is 8.42 Å². The van der Waals surface area contributed by atoms with Crippen LogP contribution in [0, 0.1) is 0 Å². The van der Waals surface area contributed by atoms with Crippen molar-refractivity contribution in [1.82, 2.24) is 14.5 Å². The van der Waals surface area contributed by atoms with E-state index in [0.717, 1.165) is 0 Å². The molecule has 0 saturated heterocycles. The molecule has 0 aromatic carbocycles. The van der Waals surface area contributed by atoms with Crippen LogP contribution in [0.5, 0.6) is 0 Å². The second-order valence-corrected chi connectivity index (χ2v) is 5.95. The van der Waals surface area contributed by atoms with Crippen LogP contribution < -0.4 is 0 Å². The Labute approximate surface area is 101 Å². The number of aromatic amines is 1. The van der Waals surface area contributed by atoms with Crippen molar-refractivity contribution < 1.29 is 8.42 Å². The monoisotopic (exact) mass is 265 g/mol. The summed E-state index contributed by atoms with van der Waals surface area (Å²) in [5, 5.41) is 6.16. The predicted molar refractivity (Wildman–Crippen MR) is 63.0 cm³/mol. The summed E-state index contributed by atoms with van der Waals surface area (Å²) in [6.07, 6.45) is 3.33. The molecule has 0 spiro atoms. The van der Waals surface area contributed by atoms with Crippen LogP contribution in [0.15, 0.2) is 17.3 Å². The first kappa shape index (κ1) is 13.5. The lowest BCUT2D eigenvalue weighted by atomic mass is 10.4. The van der Waals surface area contributed by atoms with Gasteiger partial charge in [-0.15, -0.1) is 11.6 Å². The van der Waals surface area contributed by atoms with Crippen molar-refractivity contribution in [1.29, 1.82) is 0 Å². The SMILES string of the molecule is CC(C)N(CCCCl)S(=O)(=O)c1cn[nH]c1.